The number of benzene rings is 1. The lowest BCUT2D eigenvalue weighted by Gasteiger charge is -2.34. The molecule has 0 bridgehead atoms. The maximum absolute atomic E-state index is 6.28. The van der Waals surface area contributed by atoms with Crippen LogP contribution < -0.4 is 5.32 Å². The second kappa shape index (κ2) is 6.76. The molecule has 19 heavy (non-hydrogen) atoms. The fourth-order valence-corrected chi connectivity index (χ4v) is 3.67. The number of nitrogens with one attached hydrogen (secondary N) is 1. The van der Waals surface area contributed by atoms with Crippen LogP contribution in [0.25, 0.3) is 0 Å². The Morgan fingerprint density at radius 3 is 2.79 bits per heavy atom. The van der Waals surface area contributed by atoms with Gasteiger partial charge in [-0.1, -0.05) is 49.9 Å². The topological polar surface area (TPSA) is 12.0 Å². The van der Waals surface area contributed by atoms with Gasteiger partial charge in [0.05, 0.1) is 0 Å². The predicted molar refractivity (Wildman–Crippen MR) is 83.7 cm³/mol. The lowest BCUT2D eigenvalue weighted by Crippen LogP contribution is -2.29. The first-order valence-electron chi connectivity index (χ1n) is 7.59. The Balaban J connectivity index is 2.16. The molecule has 1 aliphatic rings. The van der Waals surface area contributed by atoms with Gasteiger partial charge in [0.25, 0.3) is 0 Å². The number of hydrogen-bond donors (Lipinski definition) is 1. The summed E-state index contributed by atoms with van der Waals surface area (Å²) in [4.78, 5) is 0. The normalized spacial score (nSPS) is 25.3. The van der Waals surface area contributed by atoms with Crippen LogP contribution in [0.1, 0.15) is 56.2 Å². The first kappa shape index (κ1) is 14.9. The van der Waals surface area contributed by atoms with Gasteiger partial charge in [-0.05, 0) is 55.8 Å². The Labute approximate surface area is 122 Å². The molecule has 106 valence electrons. The Bertz CT molecular complexity index is 416. The molecule has 0 aliphatic heterocycles. The van der Waals surface area contributed by atoms with Gasteiger partial charge in [-0.2, -0.15) is 0 Å². The maximum atomic E-state index is 6.28. The Kier molecular flexibility index (Phi) is 5.29. The lowest BCUT2D eigenvalue weighted by atomic mass is 9.75. The molecule has 1 N–H and O–H groups in total. The second-order valence-electron chi connectivity index (χ2n) is 5.98. The van der Waals surface area contributed by atoms with E-state index in [-0.39, 0.29) is 0 Å². The highest BCUT2D eigenvalue weighted by Crippen LogP contribution is 2.38. The molecule has 0 heterocycles. The molecule has 0 radical (unpaired) electrons. The zero-order chi connectivity index (χ0) is 13.8. The number of aryl methyl sites for hydroxylation is 1. The van der Waals surface area contributed by atoms with Crippen molar-refractivity contribution in [1.82, 2.24) is 5.32 Å². The fraction of sp³-hybridized carbons (Fsp3) is 0.647. The van der Waals surface area contributed by atoms with E-state index in [0.717, 1.165) is 22.4 Å². The average Bonchev–Trinajstić information content (AvgIpc) is 2.44. The van der Waals surface area contributed by atoms with E-state index in [1.165, 1.54) is 37.7 Å². The van der Waals surface area contributed by atoms with Gasteiger partial charge in [-0.25, -0.2) is 0 Å². The van der Waals surface area contributed by atoms with E-state index in [1.807, 2.05) is 0 Å². The molecule has 0 aromatic heterocycles. The summed E-state index contributed by atoms with van der Waals surface area (Å²) in [5.41, 5.74) is 2.51. The van der Waals surface area contributed by atoms with Gasteiger partial charge in [0.15, 0.2) is 0 Å². The van der Waals surface area contributed by atoms with Gasteiger partial charge < -0.3 is 5.32 Å². The summed E-state index contributed by atoms with van der Waals surface area (Å²) >= 11 is 6.28. The second-order valence-corrected chi connectivity index (χ2v) is 6.38. The van der Waals surface area contributed by atoms with E-state index in [0.29, 0.717) is 6.04 Å². The van der Waals surface area contributed by atoms with Crippen molar-refractivity contribution in [3.8, 4) is 0 Å². The van der Waals surface area contributed by atoms with Crippen molar-refractivity contribution in [3.05, 3.63) is 34.3 Å². The molecule has 2 rings (SSSR count). The molecule has 1 aliphatic carbocycles. The van der Waals surface area contributed by atoms with Crippen LogP contribution in [0.5, 0.6) is 0 Å². The van der Waals surface area contributed by atoms with Crippen LogP contribution in [0, 0.1) is 18.8 Å². The molecule has 0 saturated heterocycles. The van der Waals surface area contributed by atoms with Crippen molar-refractivity contribution >= 4 is 11.6 Å². The van der Waals surface area contributed by atoms with Gasteiger partial charge in [-0.15, -0.1) is 0 Å². The van der Waals surface area contributed by atoms with Crippen molar-refractivity contribution in [2.45, 2.75) is 52.0 Å². The molecule has 0 spiro atoms. The predicted octanol–water partition coefficient (Wildman–Crippen LogP) is 5.13. The van der Waals surface area contributed by atoms with Crippen LogP contribution in [-0.4, -0.2) is 7.05 Å². The van der Waals surface area contributed by atoms with E-state index in [1.54, 1.807) is 0 Å². The minimum atomic E-state index is 0.451. The first-order chi connectivity index (χ1) is 9.15. The largest absolute Gasteiger partial charge is 0.313 e. The molecule has 3 atom stereocenters. The minimum Gasteiger partial charge on any atom is -0.313 e. The zero-order valence-electron chi connectivity index (χ0n) is 12.4. The average molecular weight is 280 g/mol. The lowest BCUT2D eigenvalue weighted by molar-refractivity contribution is 0.214. The molecule has 1 aromatic rings. The van der Waals surface area contributed by atoms with Crippen LogP contribution >= 0.6 is 11.6 Å². The summed E-state index contributed by atoms with van der Waals surface area (Å²) < 4.78 is 0. The van der Waals surface area contributed by atoms with E-state index < -0.39 is 0 Å². The molecule has 1 nitrogen and oxygen atoms in total. The minimum absolute atomic E-state index is 0.451. The Morgan fingerprint density at radius 1 is 1.37 bits per heavy atom. The van der Waals surface area contributed by atoms with E-state index in [4.69, 9.17) is 11.6 Å². The highest BCUT2D eigenvalue weighted by molar-refractivity contribution is 6.31. The van der Waals surface area contributed by atoms with Crippen molar-refractivity contribution < 1.29 is 0 Å². The number of halogens is 1. The summed E-state index contributed by atoms with van der Waals surface area (Å²) in [6.45, 7) is 4.39. The van der Waals surface area contributed by atoms with Gasteiger partial charge in [0, 0.05) is 11.1 Å². The molecule has 3 unspecified atom stereocenters. The highest BCUT2D eigenvalue weighted by Gasteiger charge is 2.28. The van der Waals surface area contributed by atoms with Crippen molar-refractivity contribution in [2.24, 2.45) is 11.8 Å². The van der Waals surface area contributed by atoms with Crippen LogP contribution in [0.3, 0.4) is 0 Å². The van der Waals surface area contributed by atoms with Crippen LogP contribution in [0.15, 0.2) is 18.2 Å². The van der Waals surface area contributed by atoms with Gasteiger partial charge >= 0.3 is 0 Å². The summed E-state index contributed by atoms with van der Waals surface area (Å²) in [5, 5.41) is 4.41. The van der Waals surface area contributed by atoms with Crippen molar-refractivity contribution in [2.75, 3.05) is 7.05 Å². The molecular formula is C17H26ClN. The van der Waals surface area contributed by atoms with Crippen LogP contribution in [0.4, 0.5) is 0 Å². The molecular weight excluding hydrogens is 254 g/mol. The number of rotatable bonds is 4. The highest BCUT2D eigenvalue weighted by atomic mass is 35.5. The van der Waals surface area contributed by atoms with Crippen molar-refractivity contribution in [3.63, 3.8) is 0 Å². The quantitative estimate of drug-likeness (QED) is 0.806. The molecule has 0 amide bonds. The van der Waals surface area contributed by atoms with Gasteiger partial charge in [0.2, 0.25) is 0 Å². The molecule has 1 aromatic carbocycles. The fourth-order valence-electron chi connectivity index (χ4n) is 3.48. The van der Waals surface area contributed by atoms with Crippen LogP contribution in [-0.2, 0) is 0 Å². The third kappa shape index (κ3) is 3.52. The standard InChI is InChI=1S/C17H26ClN/c1-4-13-6-5-7-14(10-13)17(19-3)15-9-8-12(2)16(18)11-15/h8-9,11,13-14,17,19H,4-7,10H2,1-3H3. The Morgan fingerprint density at radius 2 is 2.16 bits per heavy atom. The number of hydrogen-bond acceptors (Lipinski definition) is 1. The van der Waals surface area contributed by atoms with E-state index >= 15 is 0 Å². The summed E-state index contributed by atoms with van der Waals surface area (Å²) in [6.07, 6.45) is 6.81. The molecule has 1 saturated carbocycles. The summed E-state index contributed by atoms with van der Waals surface area (Å²) in [5.74, 6) is 1.66. The van der Waals surface area contributed by atoms with E-state index in [9.17, 15) is 0 Å². The molecule has 1 fully saturated rings. The van der Waals surface area contributed by atoms with Gasteiger partial charge in [-0.3, -0.25) is 0 Å². The third-order valence-electron chi connectivity index (χ3n) is 4.74. The Hall–Kier alpha value is -0.530. The SMILES string of the molecule is CCC1CCCC(C(NC)c2ccc(C)c(Cl)c2)C1. The smallest absolute Gasteiger partial charge is 0.0438 e. The van der Waals surface area contributed by atoms with Gasteiger partial charge in [0.1, 0.15) is 0 Å². The van der Waals surface area contributed by atoms with E-state index in [2.05, 4.69) is 44.4 Å². The maximum Gasteiger partial charge on any atom is 0.0438 e. The first-order valence-corrected chi connectivity index (χ1v) is 7.96. The zero-order valence-corrected chi connectivity index (χ0v) is 13.1. The molecule has 2 heteroatoms. The summed E-state index contributed by atoms with van der Waals surface area (Å²) in [6, 6.07) is 6.97. The summed E-state index contributed by atoms with van der Waals surface area (Å²) in [7, 11) is 2.08. The third-order valence-corrected chi connectivity index (χ3v) is 5.15. The monoisotopic (exact) mass is 279 g/mol. The van der Waals surface area contributed by atoms with Crippen molar-refractivity contribution in [1.29, 1.82) is 0 Å². The van der Waals surface area contributed by atoms with Crippen LogP contribution in [0.2, 0.25) is 5.02 Å².